The van der Waals surface area contributed by atoms with Gasteiger partial charge < -0.3 is 4.90 Å². The molecule has 0 radical (unpaired) electrons. The van der Waals surface area contributed by atoms with Crippen LogP contribution in [0, 0.1) is 0 Å². The molecule has 1 saturated heterocycles. The Bertz CT molecular complexity index is 772. The van der Waals surface area contributed by atoms with Gasteiger partial charge in [0, 0.05) is 11.1 Å². The average molecular weight is 296 g/mol. The number of fused-ring (bicyclic) bond motifs is 3. The lowest BCUT2D eigenvalue weighted by Crippen LogP contribution is -2.34. The molecule has 0 saturated carbocycles. The Hall–Kier alpha value is -2.34. The molecule has 1 aromatic carbocycles. The Balaban J connectivity index is 1.83. The number of benzene rings is 1. The van der Waals surface area contributed by atoms with Gasteiger partial charge in [-0.05, 0) is 33.0 Å². The Morgan fingerprint density at radius 2 is 1.73 bits per heavy atom. The molecule has 1 aromatic heterocycles. The minimum atomic E-state index is -0.488. The molecule has 0 amide bonds. The van der Waals surface area contributed by atoms with Crippen molar-refractivity contribution in [1.82, 2.24) is 19.9 Å². The van der Waals surface area contributed by atoms with Crippen LogP contribution < -0.4 is 0 Å². The fraction of sp³-hybridized carbons (Fsp3) is 0.375. The van der Waals surface area contributed by atoms with Gasteiger partial charge >= 0.3 is 0 Å². The third kappa shape index (κ3) is 1.84. The highest BCUT2D eigenvalue weighted by molar-refractivity contribution is 6.52. The van der Waals surface area contributed by atoms with Crippen LogP contribution in [-0.4, -0.2) is 51.6 Å². The van der Waals surface area contributed by atoms with Crippen LogP contribution in [-0.2, 0) is 0 Å². The van der Waals surface area contributed by atoms with Gasteiger partial charge in [0.25, 0.3) is 5.78 Å². The van der Waals surface area contributed by atoms with E-state index in [0.717, 1.165) is 25.9 Å². The Kier molecular flexibility index (Phi) is 2.94. The van der Waals surface area contributed by atoms with Crippen molar-refractivity contribution in [3.8, 4) is 11.3 Å². The van der Waals surface area contributed by atoms with Crippen molar-refractivity contribution in [2.75, 3.05) is 20.1 Å². The normalized spacial score (nSPS) is 19.1. The van der Waals surface area contributed by atoms with Gasteiger partial charge in [-0.15, -0.1) is 5.10 Å². The number of ketones is 2. The predicted molar refractivity (Wildman–Crippen MR) is 79.9 cm³/mol. The summed E-state index contributed by atoms with van der Waals surface area (Å²) in [6.45, 7) is 1.91. The maximum atomic E-state index is 12.5. The van der Waals surface area contributed by atoms with E-state index in [1.165, 1.54) is 0 Å². The molecule has 112 valence electrons. The molecular formula is C16H16N4O2. The summed E-state index contributed by atoms with van der Waals surface area (Å²) in [7, 11) is 2.08. The summed E-state index contributed by atoms with van der Waals surface area (Å²) in [6.07, 6.45) is 1.82. The van der Waals surface area contributed by atoms with Gasteiger partial charge in [0.05, 0.1) is 6.04 Å². The molecule has 22 heavy (non-hydrogen) atoms. The van der Waals surface area contributed by atoms with Crippen molar-refractivity contribution in [3.05, 3.63) is 35.5 Å². The average Bonchev–Trinajstić information content (AvgIpc) is 2.98. The Morgan fingerprint density at radius 1 is 1.05 bits per heavy atom. The molecule has 1 fully saturated rings. The minimum absolute atomic E-state index is 0.134. The summed E-state index contributed by atoms with van der Waals surface area (Å²) in [6, 6.07) is 7.24. The van der Waals surface area contributed by atoms with Crippen molar-refractivity contribution >= 4 is 11.6 Å². The molecule has 0 bridgehead atoms. The molecule has 0 N–H and O–H groups in total. The molecule has 4 rings (SSSR count). The van der Waals surface area contributed by atoms with E-state index >= 15 is 0 Å². The number of hydrogen-bond donors (Lipinski definition) is 0. The lowest BCUT2D eigenvalue weighted by Gasteiger charge is -2.29. The van der Waals surface area contributed by atoms with E-state index in [0.29, 0.717) is 22.5 Å². The van der Waals surface area contributed by atoms with Crippen molar-refractivity contribution < 1.29 is 9.59 Å². The van der Waals surface area contributed by atoms with E-state index in [9.17, 15) is 9.59 Å². The second-order valence-electron chi connectivity index (χ2n) is 5.97. The molecule has 2 aliphatic rings. The van der Waals surface area contributed by atoms with Gasteiger partial charge in [-0.3, -0.25) is 9.59 Å². The number of carbonyl (C=O) groups excluding carboxylic acids is 2. The molecule has 0 atom stereocenters. The van der Waals surface area contributed by atoms with Gasteiger partial charge in [0.1, 0.15) is 11.4 Å². The first-order chi connectivity index (χ1) is 10.7. The predicted octanol–water partition coefficient (Wildman–Crippen LogP) is 1.59. The van der Waals surface area contributed by atoms with E-state index in [-0.39, 0.29) is 6.04 Å². The number of rotatable bonds is 1. The number of hydrogen-bond acceptors (Lipinski definition) is 5. The zero-order chi connectivity index (χ0) is 15.3. The molecule has 0 spiro atoms. The smallest absolute Gasteiger partial charge is 0.253 e. The van der Waals surface area contributed by atoms with Crippen LogP contribution in [0.25, 0.3) is 11.3 Å². The number of Topliss-reactive ketones (excluding diaryl/α,β-unsaturated/α-hetero) is 2. The van der Waals surface area contributed by atoms with Crippen molar-refractivity contribution in [2.45, 2.75) is 18.9 Å². The Morgan fingerprint density at radius 3 is 2.45 bits per heavy atom. The second-order valence-corrected chi connectivity index (χ2v) is 5.97. The Labute approximate surface area is 127 Å². The van der Waals surface area contributed by atoms with Gasteiger partial charge in [-0.2, -0.15) is 0 Å². The van der Waals surface area contributed by atoms with Gasteiger partial charge in [-0.25, -0.2) is 4.68 Å². The number of likely N-dealkylation sites (tertiary alicyclic amines) is 1. The number of carbonyl (C=O) groups is 2. The fourth-order valence-electron chi connectivity index (χ4n) is 3.30. The summed E-state index contributed by atoms with van der Waals surface area (Å²) in [5, 5.41) is 8.41. The van der Waals surface area contributed by atoms with Crippen molar-refractivity contribution in [3.63, 3.8) is 0 Å². The molecule has 0 unspecified atom stereocenters. The SMILES string of the molecule is CN1CCC(n2nnc3c2C(=O)C(=O)c2ccccc2-3)CC1. The van der Waals surface area contributed by atoms with Crippen LogP contribution in [0.15, 0.2) is 24.3 Å². The largest absolute Gasteiger partial charge is 0.306 e. The summed E-state index contributed by atoms with van der Waals surface area (Å²) in [4.78, 5) is 27.1. The summed E-state index contributed by atoms with van der Waals surface area (Å²) < 4.78 is 1.68. The highest BCUT2D eigenvalue weighted by Gasteiger charge is 2.37. The maximum absolute atomic E-state index is 12.5. The lowest BCUT2D eigenvalue weighted by molar-refractivity contribution is 0.0805. The highest BCUT2D eigenvalue weighted by atomic mass is 16.2. The first-order valence-electron chi connectivity index (χ1n) is 7.49. The number of nitrogens with zero attached hydrogens (tertiary/aromatic N) is 4. The molecule has 6 nitrogen and oxygen atoms in total. The van der Waals surface area contributed by atoms with Gasteiger partial charge in [0.15, 0.2) is 0 Å². The van der Waals surface area contributed by atoms with Crippen LogP contribution in [0.3, 0.4) is 0 Å². The first kappa shape index (κ1) is 13.3. The maximum Gasteiger partial charge on any atom is 0.253 e. The third-order valence-corrected chi connectivity index (χ3v) is 4.58. The highest BCUT2D eigenvalue weighted by Crippen LogP contribution is 2.34. The van der Waals surface area contributed by atoms with Crippen LogP contribution >= 0.6 is 0 Å². The van der Waals surface area contributed by atoms with Gasteiger partial charge in [-0.1, -0.05) is 29.5 Å². The summed E-state index contributed by atoms with van der Waals surface area (Å²) in [5.41, 5.74) is 2.04. The third-order valence-electron chi connectivity index (χ3n) is 4.58. The molecule has 2 aromatic rings. The summed E-state index contributed by atoms with van der Waals surface area (Å²) in [5.74, 6) is -0.947. The van der Waals surface area contributed by atoms with Crippen molar-refractivity contribution in [2.24, 2.45) is 0 Å². The quantitative estimate of drug-likeness (QED) is 0.748. The number of piperidine rings is 1. The first-order valence-corrected chi connectivity index (χ1v) is 7.49. The van der Waals surface area contributed by atoms with Crippen LogP contribution in [0.1, 0.15) is 39.7 Å². The molecule has 2 heterocycles. The van der Waals surface area contributed by atoms with Crippen LogP contribution in [0.2, 0.25) is 0 Å². The number of aromatic nitrogens is 3. The molecule has 1 aliphatic carbocycles. The topological polar surface area (TPSA) is 68.1 Å². The van der Waals surface area contributed by atoms with Crippen LogP contribution in [0.5, 0.6) is 0 Å². The van der Waals surface area contributed by atoms with Gasteiger partial charge in [0.2, 0.25) is 5.78 Å². The summed E-state index contributed by atoms with van der Waals surface area (Å²) >= 11 is 0. The fourth-order valence-corrected chi connectivity index (χ4v) is 3.30. The van der Waals surface area contributed by atoms with E-state index in [4.69, 9.17) is 0 Å². The zero-order valence-corrected chi connectivity index (χ0v) is 12.3. The standard InChI is InChI=1S/C16H16N4O2/c1-19-8-6-10(7-9-19)20-14-13(17-18-20)11-4-2-3-5-12(11)15(21)16(14)22/h2-5,10H,6-9H2,1H3. The van der Waals surface area contributed by atoms with E-state index in [1.54, 1.807) is 16.8 Å². The van der Waals surface area contributed by atoms with Crippen LogP contribution in [0.4, 0.5) is 0 Å². The van der Waals surface area contributed by atoms with E-state index < -0.39 is 11.6 Å². The van der Waals surface area contributed by atoms with Crippen molar-refractivity contribution in [1.29, 1.82) is 0 Å². The lowest BCUT2D eigenvalue weighted by atomic mass is 9.90. The molecular weight excluding hydrogens is 280 g/mol. The molecule has 6 heteroatoms. The van der Waals surface area contributed by atoms with E-state index in [1.807, 2.05) is 12.1 Å². The minimum Gasteiger partial charge on any atom is -0.306 e. The zero-order valence-electron chi connectivity index (χ0n) is 12.3. The van der Waals surface area contributed by atoms with E-state index in [2.05, 4.69) is 22.3 Å². The molecule has 1 aliphatic heterocycles. The monoisotopic (exact) mass is 296 g/mol. The second kappa shape index (κ2) is 4.84.